The van der Waals surface area contributed by atoms with Gasteiger partial charge in [0.05, 0.1) is 11.7 Å². The van der Waals surface area contributed by atoms with Gasteiger partial charge in [-0.05, 0) is 29.8 Å². The minimum atomic E-state index is -4.41. The Hall–Kier alpha value is -2.05. The third kappa shape index (κ3) is 5.58. The Morgan fingerprint density at radius 3 is 2.48 bits per heavy atom. The van der Waals surface area contributed by atoms with Crippen LogP contribution in [-0.2, 0) is 6.18 Å². The highest BCUT2D eigenvalue weighted by atomic mass is 19.4. The summed E-state index contributed by atoms with van der Waals surface area (Å²) in [5, 5.41) is 12.9. The number of halogens is 3. The van der Waals surface area contributed by atoms with E-state index in [1.54, 1.807) is 0 Å². The van der Waals surface area contributed by atoms with Gasteiger partial charge in [0.15, 0.2) is 0 Å². The molecule has 0 saturated heterocycles. The maximum atomic E-state index is 12.6. The first-order valence-electron chi connectivity index (χ1n) is 7.20. The predicted molar refractivity (Wildman–Crippen MR) is 81.2 cm³/mol. The van der Waals surface area contributed by atoms with Gasteiger partial charge in [-0.2, -0.15) is 13.2 Å². The van der Waals surface area contributed by atoms with E-state index < -0.39 is 17.8 Å². The second kappa shape index (κ2) is 7.99. The number of rotatable bonds is 7. The normalized spacial score (nSPS) is 12.9. The fraction of sp³-hybridized carbons (Fsp3) is 0.294. The molecule has 0 fully saturated rings. The smallest absolute Gasteiger partial charge is 0.416 e. The number of nitrogens with one attached hydrogen (secondary N) is 1. The lowest BCUT2D eigenvalue weighted by atomic mass is 10.1. The van der Waals surface area contributed by atoms with Gasteiger partial charge in [-0.1, -0.05) is 30.3 Å². The molecule has 0 aliphatic heterocycles. The summed E-state index contributed by atoms with van der Waals surface area (Å²) in [6, 6.07) is 14.0. The van der Waals surface area contributed by atoms with E-state index in [1.165, 1.54) is 12.1 Å². The van der Waals surface area contributed by atoms with E-state index in [0.717, 1.165) is 17.9 Å². The van der Waals surface area contributed by atoms with Crippen LogP contribution < -0.4 is 10.1 Å². The minimum absolute atomic E-state index is 0.152. The van der Waals surface area contributed by atoms with Crippen LogP contribution >= 0.6 is 0 Å². The second-order valence-corrected chi connectivity index (χ2v) is 5.00. The van der Waals surface area contributed by atoms with Crippen molar-refractivity contribution < 1.29 is 23.0 Å². The molecule has 0 aliphatic rings. The number of aliphatic hydroxyl groups is 1. The molecule has 2 N–H and O–H groups in total. The standard InChI is InChI=1S/C17H18F3NO2/c18-17(19,20)14-6-4-5-13(11-14)16(22)12-21-9-10-23-15-7-2-1-3-8-15/h1-8,11,16,21-22H,9-10,12H2. The number of hydrogen-bond donors (Lipinski definition) is 2. The molecular formula is C17H18F3NO2. The van der Waals surface area contributed by atoms with E-state index in [4.69, 9.17) is 4.74 Å². The highest BCUT2D eigenvalue weighted by molar-refractivity contribution is 5.27. The van der Waals surface area contributed by atoms with Gasteiger partial charge < -0.3 is 15.2 Å². The Morgan fingerprint density at radius 2 is 1.78 bits per heavy atom. The third-order valence-corrected chi connectivity index (χ3v) is 3.23. The molecule has 0 radical (unpaired) electrons. The van der Waals surface area contributed by atoms with Crippen LogP contribution in [0.15, 0.2) is 54.6 Å². The SMILES string of the molecule is OC(CNCCOc1ccccc1)c1cccc(C(F)(F)F)c1. The van der Waals surface area contributed by atoms with Crippen LogP contribution in [0.2, 0.25) is 0 Å². The zero-order valence-electron chi connectivity index (χ0n) is 12.4. The van der Waals surface area contributed by atoms with Gasteiger partial charge >= 0.3 is 6.18 Å². The molecule has 1 unspecified atom stereocenters. The van der Waals surface area contributed by atoms with Gasteiger partial charge in [-0.25, -0.2) is 0 Å². The molecule has 0 heterocycles. The van der Waals surface area contributed by atoms with Crippen molar-refractivity contribution in [2.45, 2.75) is 12.3 Å². The van der Waals surface area contributed by atoms with Gasteiger partial charge in [0.1, 0.15) is 12.4 Å². The number of para-hydroxylation sites is 1. The second-order valence-electron chi connectivity index (χ2n) is 5.00. The number of aliphatic hydroxyl groups excluding tert-OH is 1. The third-order valence-electron chi connectivity index (χ3n) is 3.23. The van der Waals surface area contributed by atoms with E-state index in [2.05, 4.69) is 5.32 Å². The molecular weight excluding hydrogens is 307 g/mol. The van der Waals surface area contributed by atoms with Crippen LogP contribution in [0.4, 0.5) is 13.2 Å². The van der Waals surface area contributed by atoms with Gasteiger partial charge in [0, 0.05) is 13.1 Å². The molecule has 0 aromatic heterocycles. The highest BCUT2D eigenvalue weighted by Gasteiger charge is 2.30. The summed E-state index contributed by atoms with van der Waals surface area (Å²) in [7, 11) is 0. The molecule has 3 nitrogen and oxygen atoms in total. The molecule has 1 atom stereocenters. The lowest BCUT2D eigenvalue weighted by Crippen LogP contribution is -2.26. The lowest BCUT2D eigenvalue weighted by Gasteiger charge is -2.14. The molecule has 2 rings (SSSR count). The van der Waals surface area contributed by atoms with E-state index >= 15 is 0 Å². The number of hydrogen-bond acceptors (Lipinski definition) is 3. The molecule has 0 spiro atoms. The summed E-state index contributed by atoms with van der Waals surface area (Å²) in [6.07, 6.45) is -5.42. The Kier molecular flexibility index (Phi) is 6.01. The quantitative estimate of drug-likeness (QED) is 0.767. The van der Waals surface area contributed by atoms with Crippen LogP contribution in [-0.4, -0.2) is 24.8 Å². The maximum absolute atomic E-state index is 12.6. The van der Waals surface area contributed by atoms with Crippen molar-refractivity contribution in [2.75, 3.05) is 19.7 Å². The molecule has 0 saturated carbocycles. The van der Waals surface area contributed by atoms with Crippen LogP contribution in [0.1, 0.15) is 17.2 Å². The summed E-state index contributed by atoms with van der Waals surface area (Å²) >= 11 is 0. The first kappa shape index (κ1) is 17.3. The van der Waals surface area contributed by atoms with Gasteiger partial charge in [-0.3, -0.25) is 0 Å². The average molecular weight is 325 g/mol. The summed E-state index contributed by atoms with van der Waals surface area (Å²) in [5.74, 6) is 0.743. The number of alkyl halides is 3. The fourth-order valence-electron chi connectivity index (χ4n) is 2.04. The molecule has 2 aromatic carbocycles. The largest absolute Gasteiger partial charge is 0.492 e. The molecule has 0 bridgehead atoms. The first-order chi connectivity index (χ1) is 11.0. The van der Waals surface area contributed by atoms with E-state index in [1.807, 2.05) is 30.3 Å². The lowest BCUT2D eigenvalue weighted by molar-refractivity contribution is -0.137. The van der Waals surface area contributed by atoms with Crippen molar-refractivity contribution in [3.63, 3.8) is 0 Å². The Bertz CT molecular complexity index is 602. The Morgan fingerprint density at radius 1 is 1.04 bits per heavy atom. The highest BCUT2D eigenvalue weighted by Crippen LogP contribution is 2.30. The molecule has 6 heteroatoms. The molecule has 0 amide bonds. The Labute approximate surface area is 132 Å². The van der Waals surface area contributed by atoms with Crippen LogP contribution in [0.5, 0.6) is 5.75 Å². The van der Waals surface area contributed by atoms with Crippen molar-refractivity contribution in [1.29, 1.82) is 0 Å². The van der Waals surface area contributed by atoms with E-state index in [9.17, 15) is 18.3 Å². The zero-order chi connectivity index (χ0) is 16.7. The minimum Gasteiger partial charge on any atom is -0.492 e. The fourth-order valence-corrected chi connectivity index (χ4v) is 2.04. The first-order valence-corrected chi connectivity index (χ1v) is 7.20. The molecule has 2 aromatic rings. The van der Waals surface area contributed by atoms with E-state index in [-0.39, 0.29) is 12.1 Å². The summed E-state index contributed by atoms with van der Waals surface area (Å²) < 4.78 is 43.4. The summed E-state index contributed by atoms with van der Waals surface area (Å²) in [6.45, 7) is 1.03. The summed E-state index contributed by atoms with van der Waals surface area (Å²) in [4.78, 5) is 0. The van der Waals surface area contributed by atoms with Crippen LogP contribution in [0.3, 0.4) is 0 Å². The van der Waals surface area contributed by atoms with Crippen molar-refractivity contribution >= 4 is 0 Å². The monoisotopic (exact) mass is 325 g/mol. The molecule has 124 valence electrons. The topological polar surface area (TPSA) is 41.5 Å². The van der Waals surface area contributed by atoms with Crippen molar-refractivity contribution in [1.82, 2.24) is 5.32 Å². The van der Waals surface area contributed by atoms with Gasteiger partial charge in [0.25, 0.3) is 0 Å². The van der Waals surface area contributed by atoms with Gasteiger partial charge in [-0.15, -0.1) is 0 Å². The van der Waals surface area contributed by atoms with Crippen LogP contribution in [0, 0.1) is 0 Å². The summed E-state index contributed by atoms with van der Waals surface area (Å²) in [5.41, 5.74) is -0.530. The van der Waals surface area contributed by atoms with E-state index in [0.29, 0.717) is 13.2 Å². The molecule has 23 heavy (non-hydrogen) atoms. The average Bonchev–Trinajstić information content (AvgIpc) is 2.54. The van der Waals surface area contributed by atoms with Crippen molar-refractivity contribution in [3.05, 3.63) is 65.7 Å². The molecule has 0 aliphatic carbocycles. The maximum Gasteiger partial charge on any atom is 0.416 e. The van der Waals surface area contributed by atoms with Crippen molar-refractivity contribution in [2.24, 2.45) is 0 Å². The zero-order valence-corrected chi connectivity index (χ0v) is 12.4. The number of benzene rings is 2. The number of ether oxygens (including phenoxy) is 1. The predicted octanol–water partition coefficient (Wildman–Crippen LogP) is 3.41. The van der Waals surface area contributed by atoms with Crippen molar-refractivity contribution in [3.8, 4) is 5.75 Å². The van der Waals surface area contributed by atoms with Crippen LogP contribution in [0.25, 0.3) is 0 Å². The van der Waals surface area contributed by atoms with Gasteiger partial charge in [0.2, 0.25) is 0 Å². The Balaban J connectivity index is 1.75.